The topological polar surface area (TPSA) is 46.2 Å². The summed E-state index contributed by atoms with van der Waals surface area (Å²) in [6.45, 7) is 3.32. The Morgan fingerprint density at radius 2 is 2.10 bits per heavy atom. The van der Waals surface area contributed by atoms with Gasteiger partial charge in [0.2, 0.25) is 6.29 Å². The zero-order chi connectivity index (χ0) is 8.20. The van der Waals surface area contributed by atoms with E-state index in [0.717, 1.165) is 0 Å². The van der Waals surface area contributed by atoms with E-state index in [1.54, 1.807) is 27.2 Å². The maximum Gasteiger partial charge on any atom is 0.206 e. The Labute approximate surface area is 60.8 Å². The monoisotopic (exact) mass is 142 g/mol. The van der Waals surface area contributed by atoms with Gasteiger partial charge < -0.3 is 10.1 Å². The largest absolute Gasteiger partial charge is 0.310 e. The Morgan fingerprint density at radius 1 is 1.60 bits per heavy atom. The molecule has 1 N–H and O–H groups in total. The third kappa shape index (κ3) is 1.92. The lowest BCUT2D eigenvalue weighted by atomic mass is 9.87. The second-order valence-corrected chi connectivity index (χ2v) is 2.73. The third-order valence-corrected chi connectivity index (χ3v) is 1.49. The molecule has 0 saturated heterocycles. The SMILES string of the molecule is CNC(C=O)C(C)(C)[C]=O. The molecule has 0 aromatic heterocycles. The summed E-state index contributed by atoms with van der Waals surface area (Å²) >= 11 is 0. The first kappa shape index (κ1) is 9.30. The normalized spacial score (nSPS) is 14.3. The minimum Gasteiger partial charge on any atom is -0.310 e. The highest BCUT2D eigenvalue weighted by Crippen LogP contribution is 2.14. The molecule has 0 aliphatic heterocycles. The first-order valence-electron chi connectivity index (χ1n) is 3.10. The van der Waals surface area contributed by atoms with Crippen LogP contribution in [0.25, 0.3) is 0 Å². The summed E-state index contributed by atoms with van der Waals surface area (Å²) in [5.41, 5.74) is -0.726. The highest BCUT2D eigenvalue weighted by atomic mass is 16.1. The minimum atomic E-state index is -0.726. The van der Waals surface area contributed by atoms with Gasteiger partial charge in [0.25, 0.3) is 0 Å². The van der Waals surface area contributed by atoms with Gasteiger partial charge in [0.1, 0.15) is 6.29 Å². The van der Waals surface area contributed by atoms with Crippen LogP contribution in [0.5, 0.6) is 0 Å². The molecule has 0 aromatic carbocycles. The minimum absolute atomic E-state index is 0.440. The van der Waals surface area contributed by atoms with Crippen molar-refractivity contribution in [3.63, 3.8) is 0 Å². The Kier molecular flexibility index (Phi) is 3.22. The Hall–Kier alpha value is -0.700. The van der Waals surface area contributed by atoms with Crippen LogP contribution in [0, 0.1) is 5.41 Å². The van der Waals surface area contributed by atoms with E-state index in [-0.39, 0.29) is 0 Å². The second kappa shape index (κ2) is 3.46. The average Bonchev–Trinajstić information content (AvgIpc) is 1.90. The van der Waals surface area contributed by atoms with Crippen molar-refractivity contribution < 1.29 is 9.59 Å². The van der Waals surface area contributed by atoms with Crippen LogP contribution in [0.15, 0.2) is 0 Å². The summed E-state index contributed by atoms with van der Waals surface area (Å²) in [5, 5.41) is 2.71. The molecule has 1 radical (unpaired) electrons. The van der Waals surface area contributed by atoms with Crippen molar-refractivity contribution in [3.05, 3.63) is 0 Å². The molecule has 0 aliphatic rings. The van der Waals surface area contributed by atoms with Crippen LogP contribution < -0.4 is 5.32 Å². The fraction of sp³-hybridized carbons (Fsp3) is 0.714. The lowest BCUT2D eigenvalue weighted by molar-refractivity contribution is -0.110. The molecule has 0 rings (SSSR count). The van der Waals surface area contributed by atoms with Gasteiger partial charge in [-0.1, -0.05) is 13.8 Å². The number of hydrogen-bond acceptors (Lipinski definition) is 3. The first-order chi connectivity index (χ1) is 4.58. The van der Waals surface area contributed by atoms with Gasteiger partial charge >= 0.3 is 0 Å². The summed E-state index contributed by atoms with van der Waals surface area (Å²) in [7, 11) is 1.64. The highest BCUT2D eigenvalue weighted by Gasteiger charge is 2.28. The van der Waals surface area contributed by atoms with E-state index in [9.17, 15) is 9.59 Å². The molecular formula is C7H12NO2. The molecular weight excluding hydrogens is 130 g/mol. The van der Waals surface area contributed by atoms with Gasteiger partial charge in [-0.15, -0.1) is 0 Å². The second-order valence-electron chi connectivity index (χ2n) is 2.73. The van der Waals surface area contributed by atoms with Gasteiger partial charge in [0.05, 0.1) is 11.5 Å². The van der Waals surface area contributed by atoms with E-state index in [1.165, 1.54) is 0 Å². The standard InChI is InChI=1S/C7H12NO2/c1-7(2,5-10)6(4-9)8-3/h4,6,8H,1-3H3. The lowest BCUT2D eigenvalue weighted by Crippen LogP contribution is -2.42. The van der Waals surface area contributed by atoms with Crippen molar-refractivity contribution >= 4 is 12.6 Å². The number of hydrogen-bond donors (Lipinski definition) is 1. The average molecular weight is 142 g/mol. The Bertz CT molecular complexity index is 132. The summed E-state index contributed by atoms with van der Waals surface area (Å²) in [4.78, 5) is 20.6. The number of likely N-dealkylation sites (N-methyl/N-ethyl adjacent to an activating group) is 1. The smallest absolute Gasteiger partial charge is 0.206 e. The predicted octanol–water partition coefficient (Wildman–Crippen LogP) is -0.0908. The zero-order valence-corrected chi connectivity index (χ0v) is 6.47. The van der Waals surface area contributed by atoms with Crippen LogP contribution in [-0.4, -0.2) is 25.7 Å². The quantitative estimate of drug-likeness (QED) is 0.558. The van der Waals surface area contributed by atoms with E-state index in [0.29, 0.717) is 6.29 Å². The van der Waals surface area contributed by atoms with E-state index in [2.05, 4.69) is 5.32 Å². The summed E-state index contributed by atoms with van der Waals surface area (Å²) in [6, 6.07) is -0.440. The number of rotatable bonds is 4. The molecule has 0 saturated carbocycles. The van der Waals surface area contributed by atoms with Crippen LogP contribution in [0.3, 0.4) is 0 Å². The summed E-state index contributed by atoms with van der Waals surface area (Å²) in [6.07, 6.45) is 2.51. The van der Waals surface area contributed by atoms with Crippen LogP contribution >= 0.6 is 0 Å². The number of carbonyl (C=O) groups excluding carboxylic acids is 2. The van der Waals surface area contributed by atoms with E-state index in [4.69, 9.17) is 0 Å². The molecule has 0 fully saturated rings. The van der Waals surface area contributed by atoms with Gasteiger partial charge in [0.15, 0.2) is 0 Å². The number of aldehydes is 1. The van der Waals surface area contributed by atoms with E-state index in [1.807, 2.05) is 0 Å². The first-order valence-corrected chi connectivity index (χ1v) is 3.10. The molecule has 0 spiro atoms. The molecule has 10 heavy (non-hydrogen) atoms. The fourth-order valence-corrected chi connectivity index (χ4v) is 0.662. The van der Waals surface area contributed by atoms with Crippen LogP contribution in [0.2, 0.25) is 0 Å². The van der Waals surface area contributed by atoms with Crippen LogP contribution in [0.1, 0.15) is 13.8 Å². The van der Waals surface area contributed by atoms with Crippen molar-refractivity contribution in [2.24, 2.45) is 5.41 Å². The van der Waals surface area contributed by atoms with Crippen molar-refractivity contribution in [2.45, 2.75) is 19.9 Å². The van der Waals surface area contributed by atoms with Crippen molar-refractivity contribution in [1.82, 2.24) is 5.32 Å². The maximum atomic E-state index is 10.3. The van der Waals surface area contributed by atoms with E-state index >= 15 is 0 Å². The predicted molar refractivity (Wildman–Crippen MR) is 38.4 cm³/mol. The van der Waals surface area contributed by atoms with Crippen molar-refractivity contribution in [3.8, 4) is 0 Å². The molecule has 57 valence electrons. The third-order valence-electron chi connectivity index (χ3n) is 1.49. The Balaban J connectivity index is 4.24. The van der Waals surface area contributed by atoms with Crippen LogP contribution in [-0.2, 0) is 9.59 Å². The van der Waals surface area contributed by atoms with Gasteiger partial charge in [0, 0.05) is 0 Å². The maximum absolute atomic E-state index is 10.3. The fourth-order valence-electron chi connectivity index (χ4n) is 0.662. The van der Waals surface area contributed by atoms with Crippen molar-refractivity contribution in [1.29, 1.82) is 0 Å². The molecule has 3 nitrogen and oxygen atoms in total. The zero-order valence-electron chi connectivity index (χ0n) is 6.47. The number of nitrogens with one attached hydrogen (secondary N) is 1. The molecule has 1 unspecified atom stereocenters. The summed E-state index contributed by atoms with van der Waals surface area (Å²) < 4.78 is 0. The molecule has 1 atom stereocenters. The molecule has 0 aliphatic carbocycles. The summed E-state index contributed by atoms with van der Waals surface area (Å²) in [5.74, 6) is 0. The molecule has 0 aromatic rings. The van der Waals surface area contributed by atoms with E-state index < -0.39 is 11.5 Å². The lowest BCUT2D eigenvalue weighted by Gasteiger charge is -2.22. The Morgan fingerprint density at radius 3 is 2.20 bits per heavy atom. The van der Waals surface area contributed by atoms with Gasteiger partial charge in [-0.3, -0.25) is 4.79 Å². The highest BCUT2D eigenvalue weighted by molar-refractivity contribution is 5.71. The molecule has 0 bridgehead atoms. The van der Waals surface area contributed by atoms with Gasteiger partial charge in [-0.25, -0.2) is 0 Å². The van der Waals surface area contributed by atoms with Gasteiger partial charge in [-0.2, -0.15) is 0 Å². The molecule has 3 heteroatoms. The molecule has 0 heterocycles. The van der Waals surface area contributed by atoms with Gasteiger partial charge in [-0.05, 0) is 7.05 Å². The molecule has 0 amide bonds. The number of carbonyl (C=O) groups is 1. The van der Waals surface area contributed by atoms with Crippen molar-refractivity contribution in [2.75, 3.05) is 7.05 Å². The van der Waals surface area contributed by atoms with Crippen LogP contribution in [0.4, 0.5) is 0 Å².